The van der Waals surface area contributed by atoms with E-state index in [4.69, 9.17) is 14.2 Å². The van der Waals surface area contributed by atoms with E-state index in [1.165, 1.54) is 0 Å². The van der Waals surface area contributed by atoms with Crippen LogP contribution in [0, 0.1) is 0 Å². The molecule has 1 heterocycles. The molecule has 0 saturated carbocycles. The number of morpholine rings is 1. The number of nitrogens with one attached hydrogen (secondary N) is 1. The Balaban J connectivity index is 1.78. The highest BCUT2D eigenvalue weighted by atomic mass is 16.5. The Morgan fingerprint density at radius 2 is 2.05 bits per heavy atom. The molecule has 0 atom stereocenters. The second-order valence-electron chi connectivity index (χ2n) is 4.98. The maximum atomic E-state index is 12.1. The highest BCUT2D eigenvalue weighted by molar-refractivity contribution is 5.89. The largest absolute Gasteiger partial charge is 0.379 e. The van der Waals surface area contributed by atoms with Crippen LogP contribution < -0.4 is 5.32 Å². The van der Waals surface area contributed by atoms with Crippen LogP contribution >= 0.6 is 0 Å². The number of ether oxygens (including phenoxy) is 3. The van der Waals surface area contributed by atoms with Gasteiger partial charge in [-0.05, 0) is 24.6 Å². The number of anilines is 1. The van der Waals surface area contributed by atoms with Crippen LogP contribution in [-0.2, 0) is 20.8 Å². The van der Waals surface area contributed by atoms with Gasteiger partial charge in [0.25, 0.3) is 0 Å². The van der Waals surface area contributed by atoms with Crippen LogP contribution in [0.2, 0.25) is 0 Å². The summed E-state index contributed by atoms with van der Waals surface area (Å²) in [6.07, 6.45) is 0. The van der Waals surface area contributed by atoms with Gasteiger partial charge in [-0.15, -0.1) is 0 Å². The molecular formula is C16H24N2O4. The third kappa shape index (κ3) is 5.63. The number of benzene rings is 1. The molecule has 0 aliphatic carbocycles. The number of hydrogen-bond acceptors (Lipinski definition) is 4. The lowest BCUT2D eigenvalue weighted by Crippen LogP contribution is -2.43. The number of carbonyl (C=O) groups is 1. The highest BCUT2D eigenvalue weighted by Crippen LogP contribution is 2.13. The van der Waals surface area contributed by atoms with E-state index in [-0.39, 0.29) is 6.03 Å². The summed E-state index contributed by atoms with van der Waals surface area (Å²) >= 11 is 0. The molecule has 0 spiro atoms. The van der Waals surface area contributed by atoms with Gasteiger partial charge in [-0.3, -0.25) is 0 Å². The van der Waals surface area contributed by atoms with Crippen molar-refractivity contribution in [2.45, 2.75) is 13.5 Å². The first kappa shape index (κ1) is 16.7. The maximum Gasteiger partial charge on any atom is 0.321 e. The van der Waals surface area contributed by atoms with Crippen molar-refractivity contribution in [1.29, 1.82) is 0 Å². The molecular weight excluding hydrogens is 284 g/mol. The monoisotopic (exact) mass is 308 g/mol. The van der Waals surface area contributed by atoms with Crippen LogP contribution in [0.15, 0.2) is 24.3 Å². The fourth-order valence-electron chi connectivity index (χ4n) is 2.16. The number of rotatable bonds is 7. The summed E-state index contributed by atoms with van der Waals surface area (Å²) in [5, 5.41) is 2.91. The summed E-state index contributed by atoms with van der Waals surface area (Å²) < 4.78 is 16.0. The van der Waals surface area contributed by atoms with Crippen molar-refractivity contribution in [3.8, 4) is 0 Å². The van der Waals surface area contributed by atoms with Crippen molar-refractivity contribution >= 4 is 11.7 Å². The average molecular weight is 308 g/mol. The Bertz CT molecular complexity index is 461. The van der Waals surface area contributed by atoms with Gasteiger partial charge in [0.05, 0.1) is 33.0 Å². The third-order valence-electron chi connectivity index (χ3n) is 3.32. The quantitative estimate of drug-likeness (QED) is 0.784. The van der Waals surface area contributed by atoms with Gasteiger partial charge < -0.3 is 24.4 Å². The minimum atomic E-state index is -0.0854. The van der Waals surface area contributed by atoms with E-state index in [0.717, 1.165) is 11.3 Å². The molecule has 6 nitrogen and oxygen atoms in total. The molecule has 2 amide bonds. The number of nitrogens with zero attached hydrogens (tertiary/aromatic N) is 1. The van der Waals surface area contributed by atoms with Gasteiger partial charge in [-0.25, -0.2) is 4.79 Å². The van der Waals surface area contributed by atoms with Gasteiger partial charge in [-0.2, -0.15) is 0 Å². The zero-order valence-electron chi connectivity index (χ0n) is 13.0. The molecule has 0 radical (unpaired) electrons. The second kappa shape index (κ2) is 9.40. The highest BCUT2D eigenvalue weighted by Gasteiger charge is 2.16. The summed E-state index contributed by atoms with van der Waals surface area (Å²) in [5.74, 6) is 0. The summed E-state index contributed by atoms with van der Waals surface area (Å²) in [7, 11) is 0. The minimum Gasteiger partial charge on any atom is -0.379 e. The molecule has 1 aliphatic heterocycles. The van der Waals surface area contributed by atoms with Crippen molar-refractivity contribution in [3.63, 3.8) is 0 Å². The molecule has 0 aromatic heterocycles. The fourth-order valence-corrected chi connectivity index (χ4v) is 2.16. The summed E-state index contributed by atoms with van der Waals surface area (Å²) in [5.41, 5.74) is 1.80. The third-order valence-corrected chi connectivity index (χ3v) is 3.32. The molecule has 1 N–H and O–H groups in total. The summed E-state index contributed by atoms with van der Waals surface area (Å²) in [6, 6.07) is 7.61. The van der Waals surface area contributed by atoms with Crippen molar-refractivity contribution in [3.05, 3.63) is 29.8 Å². The zero-order chi connectivity index (χ0) is 15.6. The number of amides is 2. The summed E-state index contributed by atoms with van der Waals surface area (Å²) in [6.45, 7) is 6.80. The van der Waals surface area contributed by atoms with Crippen molar-refractivity contribution < 1.29 is 19.0 Å². The second-order valence-corrected chi connectivity index (χ2v) is 4.98. The van der Waals surface area contributed by atoms with Crippen LogP contribution in [-0.4, -0.2) is 57.1 Å². The molecule has 1 saturated heterocycles. The van der Waals surface area contributed by atoms with Crippen LogP contribution in [0.5, 0.6) is 0 Å². The number of urea groups is 1. The molecule has 1 fully saturated rings. The minimum absolute atomic E-state index is 0.0854. The first-order valence-corrected chi connectivity index (χ1v) is 7.67. The van der Waals surface area contributed by atoms with E-state index >= 15 is 0 Å². The zero-order valence-corrected chi connectivity index (χ0v) is 13.0. The van der Waals surface area contributed by atoms with Crippen LogP contribution in [0.3, 0.4) is 0 Å². The van der Waals surface area contributed by atoms with E-state index in [9.17, 15) is 4.79 Å². The van der Waals surface area contributed by atoms with E-state index < -0.39 is 0 Å². The molecule has 1 aliphatic rings. The first-order chi connectivity index (χ1) is 10.8. The van der Waals surface area contributed by atoms with Crippen molar-refractivity contribution in [1.82, 2.24) is 4.90 Å². The van der Waals surface area contributed by atoms with E-state index in [2.05, 4.69) is 5.32 Å². The molecule has 122 valence electrons. The lowest BCUT2D eigenvalue weighted by Gasteiger charge is -2.27. The summed E-state index contributed by atoms with van der Waals surface area (Å²) in [4.78, 5) is 13.9. The standard InChI is InChI=1S/C16H24N2O4/c1-2-20-10-11-22-13-14-4-3-5-15(12-14)17-16(19)18-6-8-21-9-7-18/h3-5,12H,2,6-11,13H2,1H3,(H,17,19). The molecule has 0 unspecified atom stereocenters. The lowest BCUT2D eigenvalue weighted by atomic mass is 10.2. The smallest absolute Gasteiger partial charge is 0.321 e. The Hall–Kier alpha value is -1.63. The molecule has 1 aromatic rings. The topological polar surface area (TPSA) is 60.0 Å². The lowest BCUT2D eigenvalue weighted by molar-refractivity contribution is 0.0453. The predicted molar refractivity (Wildman–Crippen MR) is 84.0 cm³/mol. The fraction of sp³-hybridized carbons (Fsp3) is 0.562. The first-order valence-electron chi connectivity index (χ1n) is 7.67. The van der Waals surface area contributed by atoms with Gasteiger partial charge in [0.15, 0.2) is 0 Å². The molecule has 6 heteroatoms. The molecule has 2 rings (SSSR count). The number of carbonyl (C=O) groups excluding carboxylic acids is 1. The van der Waals surface area contributed by atoms with Crippen molar-refractivity contribution in [2.24, 2.45) is 0 Å². The Labute approximate surface area is 131 Å². The van der Waals surface area contributed by atoms with Gasteiger partial charge in [0.2, 0.25) is 0 Å². The van der Waals surface area contributed by atoms with E-state index in [1.807, 2.05) is 31.2 Å². The average Bonchev–Trinajstić information content (AvgIpc) is 2.56. The van der Waals surface area contributed by atoms with Gasteiger partial charge in [-0.1, -0.05) is 12.1 Å². The Morgan fingerprint density at radius 1 is 1.27 bits per heavy atom. The number of hydrogen-bond donors (Lipinski definition) is 1. The molecule has 0 bridgehead atoms. The van der Waals surface area contributed by atoms with Crippen LogP contribution in [0.1, 0.15) is 12.5 Å². The van der Waals surface area contributed by atoms with Gasteiger partial charge in [0, 0.05) is 25.4 Å². The van der Waals surface area contributed by atoms with Crippen LogP contribution in [0.4, 0.5) is 10.5 Å². The molecule has 1 aromatic carbocycles. The maximum absolute atomic E-state index is 12.1. The van der Waals surface area contributed by atoms with E-state index in [1.54, 1.807) is 4.90 Å². The molecule has 22 heavy (non-hydrogen) atoms. The normalized spacial score (nSPS) is 14.9. The van der Waals surface area contributed by atoms with Gasteiger partial charge in [0.1, 0.15) is 0 Å². The van der Waals surface area contributed by atoms with E-state index in [0.29, 0.717) is 52.7 Å². The SMILES string of the molecule is CCOCCOCc1cccc(NC(=O)N2CCOCC2)c1. The van der Waals surface area contributed by atoms with Gasteiger partial charge >= 0.3 is 6.03 Å². The Kier molecular flexibility index (Phi) is 7.15. The predicted octanol–water partition coefficient (Wildman–Crippen LogP) is 2.10. The van der Waals surface area contributed by atoms with Crippen molar-refractivity contribution in [2.75, 3.05) is 51.4 Å². The van der Waals surface area contributed by atoms with Crippen LogP contribution in [0.25, 0.3) is 0 Å². The Morgan fingerprint density at radius 3 is 2.82 bits per heavy atom.